The van der Waals surface area contributed by atoms with E-state index in [4.69, 9.17) is 4.74 Å². The summed E-state index contributed by atoms with van der Waals surface area (Å²) in [7, 11) is -2.04. The minimum atomic E-state index is -4.09. The first-order valence-corrected chi connectivity index (χ1v) is 15.2. The molecule has 5 rings (SSSR count). The molecule has 0 saturated carbocycles. The molecule has 2 aliphatic rings. The molecule has 2 aliphatic heterocycles. The molecule has 40 heavy (non-hydrogen) atoms. The second kappa shape index (κ2) is 11.2. The molecule has 3 heterocycles. The molecule has 0 spiro atoms. The Morgan fingerprint density at radius 1 is 1.07 bits per heavy atom. The van der Waals surface area contributed by atoms with E-state index in [9.17, 15) is 13.2 Å². The normalized spacial score (nSPS) is 21.2. The van der Waals surface area contributed by atoms with E-state index in [0.717, 1.165) is 42.6 Å². The van der Waals surface area contributed by atoms with Crippen LogP contribution < -0.4 is 9.46 Å². The van der Waals surface area contributed by atoms with Crippen LogP contribution in [0.25, 0.3) is 11.3 Å². The molecule has 0 radical (unpaired) electrons. The molecule has 4 bridgehead atoms. The number of benzene rings is 2. The van der Waals surface area contributed by atoms with Crippen LogP contribution in [-0.4, -0.2) is 72.9 Å². The largest absolute Gasteiger partial charge is 0.475 e. The van der Waals surface area contributed by atoms with Crippen LogP contribution in [0.5, 0.6) is 5.88 Å². The summed E-state index contributed by atoms with van der Waals surface area (Å²) in [6.45, 7) is 10.1. The van der Waals surface area contributed by atoms with E-state index in [1.54, 1.807) is 18.2 Å². The molecule has 0 aliphatic carbocycles. The van der Waals surface area contributed by atoms with Gasteiger partial charge in [-0.05, 0) is 75.5 Å². The molecule has 2 atom stereocenters. The monoisotopic (exact) mass is 563 g/mol. The number of hydrogen-bond donors (Lipinski definition) is 1. The van der Waals surface area contributed by atoms with E-state index in [0.29, 0.717) is 17.2 Å². The van der Waals surface area contributed by atoms with Crippen molar-refractivity contribution in [2.45, 2.75) is 57.5 Å². The molecule has 0 unspecified atom stereocenters. The van der Waals surface area contributed by atoms with Crippen molar-refractivity contribution in [3.05, 3.63) is 65.2 Å². The molecule has 1 saturated heterocycles. The first-order valence-electron chi connectivity index (χ1n) is 13.7. The number of rotatable bonds is 4. The van der Waals surface area contributed by atoms with Gasteiger partial charge in [-0.25, -0.2) is 18.1 Å². The number of carbonyl (C=O) groups is 1. The van der Waals surface area contributed by atoms with Gasteiger partial charge in [0.15, 0.2) is 0 Å². The van der Waals surface area contributed by atoms with Gasteiger partial charge in [0.1, 0.15) is 6.61 Å². The van der Waals surface area contributed by atoms with Crippen LogP contribution in [0.2, 0.25) is 0 Å². The number of carbonyl (C=O) groups excluding carboxylic acids is 1. The number of likely N-dealkylation sites (tertiary alicyclic amines) is 1. The van der Waals surface area contributed by atoms with Crippen molar-refractivity contribution in [3.63, 3.8) is 0 Å². The quantitative estimate of drug-likeness (QED) is 0.498. The second-order valence-corrected chi connectivity index (χ2v) is 13.0. The highest BCUT2D eigenvalue weighted by molar-refractivity contribution is 7.92. The van der Waals surface area contributed by atoms with Crippen molar-refractivity contribution in [1.82, 2.24) is 19.8 Å². The van der Waals surface area contributed by atoms with Gasteiger partial charge in [0.2, 0.25) is 11.8 Å². The van der Waals surface area contributed by atoms with Crippen LogP contribution >= 0.6 is 0 Å². The number of hydrogen-bond acceptors (Lipinski definition) is 7. The Hall–Kier alpha value is -3.50. The Balaban J connectivity index is 1.67. The molecular formula is C30H37N5O4S. The molecule has 1 fully saturated rings. The molecule has 10 heteroatoms. The number of sulfonamides is 1. The van der Waals surface area contributed by atoms with E-state index in [1.165, 1.54) is 12.1 Å². The highest BCUT2D eigenvalue weighted by Gasteiger charge is 2.36. The number of ether oxygens (including phenoxy) is 1. The van der Waals surface area contributed by atoms with Gasteiger partial charge in [0.25, 0.3) is 15.9 Å². The third-order valence-electron chi connectivity index (χ3n) is 7.61. The molecule has 3 aromatic rings. The zero-order chi connectivity index (χ0) is 28.6. The van der Waals surface area contributed by atoms with Crippen molar-refractivity contribution in [2.24, 2.45) is 5.92 Å². The van der Waals surface area contributed by atoms with Crippen molar-refractivity contribution < 1.29 is 17.9 Å². The fourth-order valence-electron chi connectivity index (χ4n) is 5.77. The molecule has 1 N–H and O–H groups in total. The molecule has 212 valence electrons. The third-order valence-corrected chi connectivity index (χ3v) is 8.94. The van der Waals surface area contributed by atoms with Crippen molar-refractivity contribution in [1.29, 1.82) is 0 Å². The number of likely N-dealkylation sites (N-methyl/N-ethyl adjacent to an activating group) is 1. The van der Waals surface area contributed by atoms with Crippen LogP contribution in [-0.2, 0) is 10.0 Å². The van der Waals surface area contributed by atoms with Gasteiger partial charge in [0, 0.05) is 29.8 Å². The molecule has 9 nitrogen and oxygen atoms in total. The maximum Gasteiger partial charge on any atom is 0.264 e. The van der Waals surface area contributed by atoms with Gasteiger partial charge >= 0.3 is 0 Å². The summed E-state index contributed by atoms with van der Waals surface area (Å²) in [6.07, 6.45) is 1.56. The van der Waals surface area contributed by atoms with Crippen molar-refractivity contribution >= 4 is 21.9 Å². The molecule has 1 amide bonds. The number of aryl methyl sites for hydroxylation is 2. The van der Waals surface area contributed by atoms with Crippen LogP contribution in [0.3, 0.4) is 0 Å². The SMILES string of the molecule is Cc1cccc(C)c1-c1cc2nc(n1)NS(=O)(=O)c1cccc(c1)C(=O)N([C@H]1CCN(C)C1)[C@H](CC(C)C)CO2. The van der Waals surface area contributed by atoms with Crippen LogP contribution in [0, 0.1) is 19.8 Å². The predicted molar refractivity (Wildman–Crippen MR) is 155 cm³/mol. The average molecular weight is 564 g/mol. The van der Waals surface area contributed by atoms with Gasteiger partial charge in [0.05, 0.1) is 16.6 Å². The highest BCUT2D eigenvalue weighted by atomic mass is 32.2. The van der Waals surface area contributed by atoms with E-state index < -0.39 is 10.0 Å². The maximum absolute atomic E-state index is 14.1. The Morgan fingerprint density at radius 2 is 1.80 bits per heavy atom. The zero-order valence-electron chi connectivity index (χ0n) is 23.7. The summed E-state index contributed by atoms with van der Waals surface area (Å²) in [5.74, 6) is 0.278. The summed E-state index contributed by atoms with van der Waals surface area (Å²) in [6, 6.07) is 13.6. The number of aromatic nitrogens is 2. The Kier molecular flexibility index (Phi) is 7.83. The van der Waals surface area contributed by atoms with E-state index in [-0.39, 0.29) is 41.3 Å². The lowest BCUT2D eigenvalue weighted by Crippen LogP contribution is -2.51. The third kappa shape index (κ3) is 5.83. The van der Waals surface area contributed by atoms with Crippen molar-refractivity contribution in [3.8, 4) is 17.1 Å². The van der Waals surface area contributed by atoms with E-state index >= 15 is 0 Å². The topological polar surface area (TPSA) is 105 Å². The minimum Gasteiger partial charge on any atom is -0.475 e. The highest BCUT2D eigenvalue weighted by Crippen LogP contribution is 2.31. The summed E-state index contributed by atoms with van der Waals surface area (Å²) >= 11 is 0. The van der Waals surface area contributed by atoms with Crippen LogP contribution in [0.1, 0.15) is 48.2 Å². The van der Waals surface area contributed by atoms with Gasteiger partial charge in [-0.3, -0.25) is 4.79 Å². The summed E-state index contributed by atoms with van der Waals surface area (Å²) in [5.41, 5.74) is 3.79. The fraction of sp³-hybridized carbons (Fsp3) is 0.433. The average Bonchev–Trinajstić information content (AvgIpc) is 3.31. The van der Waals surface area contributed by atoms with Gasteiger partial charge in [-0.15, -0.1) is 0 Å². The lowest BCUT2D eigenvalue weighted by Gasteiger charge is -2.37. The molecule has 1 aromatic heterocycles. The summed E-state index contributed by atoms with van der Waals surface area (Å²) < 4.78 is 35.8. The lowest BCUT2D eigenvalue weighted by atomic mass is 9.99. The summed E-state index contributed by atoms with van der Waals surface area (Å²) in [4.78, 5) is 27.3. The van der Waals surface area contributed by atoms with E-state index in [2.05, 4.69) is 40.5 Å². The zero-order valence-corrected chi connectivity index (χ0v) is 24.5. The second-order valence-electron chi connectivity index (χ2n) is 11.3. The van der Waals surface area contributed by atoms with Crippen molar-refractivity contribution in [2.75, 3.05) is 31.5 Å². The number of anilines is 1. The standard InChI is InChI=1S/C30H37N5O4S/c1-19(2)14-24-18-39-27-16-26(28-20(3)8-6-9-21(28)4)31-30(32-27)33-40(37,38)25-11-7-10-22(15-25)29(36)35(24)23-12-13-34(5)17-23/h6-11,15-16,19,23-24H,12-14,17-18H2,1-5H3,(H,31,32,33)/t23-,24+/m0/s1. The number of amides is 1. The Morgan fingerprint density at radius 3 is 2.48 bits per heavy atom. The van der Waals surface area contributed by atoms with Crippen LogP contribution in [0.15, 0.2) is 53.4 Å². The smallest absolute Gasteiger partial charge is 0.264 e. The maximum atomic E-state index is 14.1. The number of nitrogens with zero attached hydrogens (tertiary/aromatic N) is 4. The van der Waals surface area contributed by atoms with E-state index in [1.807, 2.05) is 36.9 Å². The van der Waals surface area contributed by atoms with Gasteiger partial charge < -0.3 is 14.5 Å². The number of fused-ring (bicyclic) bond motifs is 4. The predicted octanol–water partition coefficient (Wildman–Crippen LogP) is 4.51. The number of nitrogens with one attached hydrogen (secondary N) is 1. The van der Waals surface area contributed by atoms with Gasteiger partial charge in [-0.1, -0.05) is 38.1 Å². The minimum absolute atomic E-state index is 0.0143. The molecular weight excluding hydrogens is 526 g/mol. The summed E-state index contributed by atoms with van der Waals surface area (Å²) in [5, 5.41) is 0. The fourth-order valence-corrected chi connectivity index (χ4v) is 6.76. The first kappa shape index (κ1) is 28.0. The first-order chi connectivity index (χ1) is 19.0. The Labute approximate surface area is 236 Å². The Bertz CT molecular complexity index is 1500. The molecule has 2 aromatic carbocycles. The van der Waals surface area contributed by atoms with Crippen LogP contribution in [0.4, 0.5) is 5.95 Å². The lowest BCUT2D eigenvalue weighted by molar-refractivity contribution is 0.0453. The van der Waals surface area contributed by atoms with Gasteiger partial charge in [-0.2, -0.15) is 4.98 Å².